The van der Waals surface area contributed by atoms with Crippen LogP contribution in [0.15, 0.2) is 28.7 Å². The van der Waals surface area contributed by atoms with Crippen LogP contribution >= 0.6 is 15.9 Å². The lowest BCUT2D eigenvalue weighted by Gasteiger charge is -2.17. The van der Waals surface area contributed by atoms with E-state index in [0.717, 1.165) is 16.1 Å². The molecule has 1 atom stereocenters. The lowest BCUT2D eigenvalue weighted by Crippen LogP contribution is -2.23. The second-order valence-corrected chi connectivity index (χ2v) is 12.3. The average Bonchev–Trinajstić information content (AvgIpc) is 2.26. The number of esters is 1. The van der Waals surface area contributed by atoms with Crippen LogP contribution in [0.1, 0.15) is 18.4 Å². The molecule has 4 heteroatoms. The molecule has 0 saturated heterocycles. The van der Waals surface area contributed by atoms with Crippen molar-refractivity contribution in [1.82, 2.24) is 0 Å². The summed E-state index contributed by atoms with van der Waals surface area (Å²) in [6, 6.07) is 8.82. The Labute approximate surface area is 119 Å². The quantitative estimate of drug-likeness (QED) is 0.590. The Morgan fingerprint density at radius 1 is 1.39 bits per heavy atom. The molecule has 0 radical (unpaired) electrons. The molecule has 0 amide bonds. The second-order valence-electron chi connectivity index (χ2n) is 5.75. The van der Waals surface area contributed by atoms with Gasteiger partial charge in [0.15, 0.2) is 0 Å². The smallest absolute Gasteiger partial charge is 0.313 e. The number of hydrogen-bond donors (Lipinski definition) is 0. The average molecular weight is 329 g/mol. The van der Waals surface area contributed by atoms with Gasteiger partial charge in [-0.25, -0.2) is 0 Å². The molecule has 100 valence electrons. The van der Waals surface area contributed by atoms with Gasteiger partial charge in [0.1, 0.15) is 0 Å². The number of carbonyl (C=O) groups excluding carboxylic acids is 1. The highest BCUT2D eigenvalue weighted by molar-refractivity contribution is 9.10. The number of carbonyl (C=O) groups is 1. The van der Waals surface area contributed by atoms with Gasteiger partial charge in [0, 0.05) is 12.5 Å². The third-order valence-electron chi connectivity index (χ3n) is 2.80. The highest BCUT2D eigenvalue weighted by Crippen LogP contribution is 2.21. The molecule has 0 heterocycles. The summed E-state index contributed by atoms with van der Waals surface area (Å²) in [6.45, 7) is 9.27. The topological polar surface area (TPSA) is 26.3 Å². The van der Waals surface area contributed by atoms with Crippen LogP contribution in [0.2, 0.25) is 25.7 Å². The second kappa shape index (κ2) is 6.52. The van der Waals surface area contributed by atoms with E-state index in [9.17, 15) is 4.79 Å². The van der Waals surface area contributed by atoms with Gasteiger partial charge in [0.05, 0.1) is 12.5 Å². The highest BCUT2D eigenvalue weighted by Gasteiger charge is 2.19. The Bertz CT molecular complexity index is 413. The molecule has 0 aromatic heterocycles. The summed E-state index contributed by atoms with van der Waals surface area (Å²) in [5, 5.41) is 0. The van der Waals surface area contributed by atoms with Gasteiger partial charge < -0.3 is 4.74 Å². The first-order chi connectivity index (χ1) is 8.29. The molecule has 0 bridgehead atoms. The summed E-state index contributed by atoms with van der Waals surface area (Å²) in [5.41, 5.74) is 0.988. The molecule has 1 rings (SSSR count). The van der Waals surface area contributed by atoms with Crippen molar-refractivity contribution in [2.24, 2.45) is 0 Å². The van der Waals surface area contributed by atoms with Crippen LogP contribution in [-0.2, 0) is 9.53 Å². The molecule has 0 aliphatic rings. The molecule has 2 nitrogen and oxygen atoms in total. The molecule has 0 aliphatic heterocycles. The van der Waals surface area contributed by atoms with E-state index in [4.69, 9.17) is 4.74 Å². The molecule has 1 aromatic carbocycles. The largest absolute Gasteiger partial charge is 0.466 e. The lowest BCUT2D eigenvalue weighted by molar-refractivity contribution is -0.144. The summed E-state index contributed by atoms with van der Waals surface area (Å²) >= 11 is 3.41. The first kappa shape index (κ1) is 15.4. The van der Waals surface area contributed by atoms with Gasteiger partial charge in [-0.3, -0.25) is 4.79 Å². The van der Waals surface area contributed by atoms with Gasteiger partial charge >= 0.3 is 5.97 Å². The van der Waals surface area contributed by atoms with E-state index in [1.807, 2.05) is 31.2 Å². The van der Waals surface area contributed by atoms with Gasteiger partial charge in [-0.05, 0) is 30.7 Å². The van der Waals surface area contributed by atoms with Crippen LogP contribution in [0, 0.1) is 0 Å². The maximum Gasteiger partial charge on any atom is 0.313 e. The molecular formula is C14H21BrO2Si. The van der Waals surface area contributed by atoms with Gasteiger partial charge in [-0.1, -0.05) is 47.7 Å². The van der Waals surface area contributed by atoms with Crippen LogP contribution in [0.25, 0.3) is 0 Å². The van der Waals surface area contributed by atoms with Crippen LogP contribution < -0.4 is 0 Å². The minimum absolute atomic E-state index is 0.133. The van der Waals surface area contributed by atoms with Crippen molar-refractivity contribution < 1.29 is 9.53 Å². The molecular weight excluding hydrogens is 308 g/mol. The van der Waals surface area contributed by atoms with Crippen molar-refractivity contribution in [2.75, 3.05) is 6.61 Å². The summed E-state index contributed by atoms with van der Waals surface area (Å²) in [7, 11) is -1.13. The molecule has 1 unspecified atom stereocenters. The van der Waals surface area contributed by atoms with Crippen molar-refractivity contribution in [3.63, 3.8) is 0 Å². The minimum atomic E-state index is -1.13. The van der Waals surface area contributed by atoms with Gasteiger partial charge in [-0.15, -0.1) is 0 Å². The number of hydrogen-bond acceptors (Lipinski definition) is 2. The Kier molecular flexibility index (Phi) is 5.60. The van der Waals surface area contributed by atoms with E-state index in [-0.39, 0.29) is 11.9 Å². The fourth-order valence-corrected chi connectivity index (χ4v) is 2.63. The van der Waals surface area contributed by atoms with Gasteiger partial charge in [0.25, 0.3) is 0 Å². The number of ether oxygens (including phenoxy) is 1. The van der Waals surface area contributed by atoms with Crippen LogP contribution in [0.4, 0.5) is 0 Å². The van der Waals surface area contributed by atoms with E-state index >= 15 is 0 Å². The molecule has 0 fully saturated rings. The summed E-state index contributed by atoms with van der Waals surface area (Å²) in [6.07, 6.45) is 0. The monoisotopic (exact) mass is 328 g/mol. The Morgan fingerprint density at radius 3 is 2.61 bits per heavy atom. The van der Waals surface area contributed by atoms with Crippen molar-refractivity contribution in [3.05, 3.63) is 34.3 Å². The fourth-order valence-electron chi connectivity index (χ4n) is 1.49. The Balaban J connectivity index is 2.52. The standard InChI is InChI=1S/C14H21BrO2Si/c1-11(12-6-5-7-13(15)10-12)14(16)17-8-9-18(2,3)4/h5-7,10-11H,8-9H2,1-4H3. The fraction of sp³-hybridized carbons (Fsp3) is 0.500. The van der Waals surface area contributed by atoms with Crippen molar-refractivity contribution in [1.29, 1.82) is 0 Å². The highest BCUT2D eigenvalue weighted by atomic mass is 79.9. The number of rotatable bonds is 5. The van der Waals surface area contributed by atoms with Crippen molar-refractivity contribution in [3.8, 4) is 0 Å². The molecule has 0 aliphatic carbocycles. The summed E-state index contributed by atoms with van der Waals surface area (Å²) in [4.78, 5) is 11.9. The SMILES string of the molecule is CC(C(=O)OCC[Si](C)(C)C)c1cccc(Br)c1. The van der Waals surface area contributed by atoms with E-state index in [1.54, 1.807) is 0 Å². The van der Waals surface area contributed by atoms with E-state index < -0.39 is 8.07 Å². The zero-order valence-corrected chi connectivity index (χ0v) is 14.1. The number of benzene rings is 1. The van der Waals surface area contributed by atoms with E-state index in [1.165, 1.54) is 0 Å². The van der Waals surface area contributed by atoms with Crippen molar-refractivity contribution in [2.45, 2.75) is 38.5 Å². The van der Waals surface area contributed by atoms with E-state index in [0.29, 0.717) is 6.61 Å². The predicted octanol–water partition coefficient (Wildman–Crippen LogP) is 4.43. The van der Waals surface area contributed by atoms with Gasteiger partial charge in [0.2, 0.25) is 0 Å². The molecule has 1 aromatic rings. The predicted molar refractivity (Wildman–Crippen MR) is 81.7 cm³/mol. The summed E-state index contributed by atoms with van der Waals surface area (Å²) < 4.78 is 6.34. The Morgan fingerprint density at radius 2 is 2.06 bits per heavy atom. The maximum absolute atomic E-state index is 11.9. The Hall–Kier alpha value is -0.613. The van der Waals surface area contributed by atoms with Crippen LogP contribution in [0.5, 0.6) is 0 Å². The minimum Gasteiger partial charge on any atom is -0.466 e. The van der Waals surface area contributed by atoms with E-state index in [2.05, 4.69) is 35.6 Å². The molecule has 0 spiro atoms. The van der Waals surface area contributed by atoms with Crippen LogP contribution in [-0.4, -0.2) is 20.7 Å². The maximum atomic E-state index is 11.9. The third-order valence-corrected chi connectivity index (χ3v) is 5.00. The lowest BCUT2D eigenvalue weighted by atomic mass is 10.0. The molecule has 0 saturated carbocycles. The first-order valence-corrected chi connectivity index (χ1v) is 10.7. The van der Waals surface area contributed by atoms with Crippen molar-refractivity contribution >= 4 is 30.0 Å². The first-order valence-electron chi connectivity index (χ1n) is 6.22. The van der Waals surface area contributed by atoms with Crippen LogP contribution in [0.3, 0.4) is 0 Å². The zero-order valence-electron chi connectivity index (χ0n) is 11.5. The molecule has 18 heavy (non-hydrogen) atoms. The third kappa shape index (κ3) is 5.36. The molecule has 0 N–H and O–H groups in total. The van der Waals surface area contributed by atoms with Gasteiger partial charge in [-0.2, -0.15) is 0 Å². The zero-order chi connectivity index (χ0) is 13.8. The normalized spacial score (nSPS) is 13.2. The number of halogens is 1. The summed E-state index contributed by atoms with van der Waals surface area (Å²) in [5.74, 6) is -0.338.